The molecule has 0 spiro atoms. The summed E-state index contributed by atoms with van der Waals surface area (Å²) in [6, 6.07) is -1.45. The molecule has 0 saturated carbocycles. The number of rotatable bonds is 4. The Morgan fingerprint density at radius 1 is 1.15 bits per heavy atom. The lowest BCUT2D eigenvalue weighted by molar-refractivity contribution is -0.136. The van der Waals surface area contributed by atoms with Crippen molar-refractivity contribution in [2.75, 3.05) is 0 Å². The lowest BCUT2D eigenvalue weighted by atomic mass is 10.2. The summed E-state index contributed by atoms with van der Waals surface area (Å²) in [5.41, 5.74) is 8.15. The van der Waals surface area contributed by atoms with E-state index in [4.69, 9.17) is 5.53 Å². The zero-order valence-corrected chi connectivity index (χ0v) is 9.83. The van der Waals surface area contributed by atoms with Crippen molar-refractivity contribution in [2.24, 2.45) is 5.11 Å². The number of halogens is 5. The van der Waals surface area contributed by atoms with Crippen LogP contribution in [0.4, 0.5) is 22.0 Å². The predicted octanol–water partition coefficient (Wildman–Crippen LogP) is 3.38. The number of benzene rings is 1. The minimum atomic E-state index is -2.37. The summed E-state index contributed by atoms with van der Waals surface area (Å²) >= 11 is 0. The highest BCUT2D eigenvalue weighted by molar-refractivity contribution is 5.78. The standard InChI is InChI=1S/C10H6F5N3O2/c1-2-3(17-18-16)10(19)20-9-7(14)5(12)4(11)6(13)8(9)15/h3H,2H2,1H3. The van der Waals surface area contributed by atoms with Crippen molar-refractivity contribution >= 4 is 5.97 Å². The zero-order chi connectivity index (χ0) is 15.4. The van der Waals surface area contributed by atoms with E-state index in [1.165, 1.54) is 6.92 Å². The Kier molecular flexibility index (Phi) is 4.87. The predicted molar refractivity (Wildman–Crippen MR) is 55.1 cm³/mol. The Morgan fingerprint density at radius 2 is 1.60 bits per heavy atom. The van der Waals surface area contributed by atoms with Gasteiger partial charge in [0.25, 0.3) is 0 Å². The van der Waals surface area contributed by atoms with E-state index in [0.717, 1.165) is 0 Å². The molecule has 0 amide bonds. The molecule has 1 unspecified atom stereocenters. The maximum absolute atomic E-state index is 13.2. The van der Waals surface area contributed by atoms with Gasteiger partial charge in [0, 0.05) is 4.91 Å². The highest BCUT2D eigenvalue weighted by atomic mass is 19.2. The second-order valence-corrected chi connectivity index (χ2v) is 3.45. The molecule has 10 heteroatoms. The molecule has 0 heterocycles. The summed E-state index contributed by atoms with van der Waals surface area (Å²) in [5, 5.41) is 2.96. The summed E-state index contributed by atoms with van der Waals surface area (Å²) in [6.07, 6.45) is -0.0850. The van der Waals surface area contributed by atoms with Gasteiger partial charge in [-0.25, -0.2) is 13.2 Å². The van der Waals surface area contributed by atoms with Gasteiger partial charge in [-0.1, -0.05) is 12.0 Å². The number of hydrogen-bond acceptors (Lipinski definition) is 3. The summed E-state index contributed by atoms with van der Waals surface area (Å²) < 4.78 is 69.0. The number of carbonyl (C=O) groups is 1. The quantitative estimate of drug-likeness (QED) is 0.125. The molecule has 5 nitrogen and oxygen atoms in total. The molecular weight excluding hydrogens is 289 g/mol. The van der Waals surface area contributed by atoms with Crippen LogP contribution >= 0.6 is 0 Å². The van der Waals surface area contributed by atoms with Gasteiger partial charge in [0.15, 0.2) is 0 Å². The van der Waals surface area contributed by atoms with E-state index in [2.05, 4.69) is 14.8 Å². The summed E-state index contributed by atoms with van der Waals surface area (Å²) in [6.45, 7) is 1.39. The average molecular weight is 295 g/mol. The molecule has 0 aliphatic heterocycles. The fraction of sp³-hybridized carbons (Fsp3) is 0.300. The third-order valence-corrected chi connectivity index (χ3v) is 2.22. The Balaban J connectivity index is 3.22. The van der Waals surface area contributed by atoms with Crippen LogP contribution in [0.5, 0.6) is 5.75 Å². The van der Waals surface area contributed by atoms with Crippen LogP contribution in [-0.4, -0.2) is 12.0 Å². The Hall–Kier alpha value is -2.35. The number of carbonyl (C=O) groups excluding carboxylic acids is 1. The summed E-state index contributed by atoms with van der Waals surface area (Å²) in [5.74, 6) is -14.6. The first-order chi connectivity index (χ1) is 9.34. The third-order valence-electron chi connectivity index (χ3n) is 2.22. The zero-order valence-electron chi connectivity index (χ0n) is 9.83. The van der Waals surface area contributed by atoms with Crippen molar-refractivity contribution in [3.63, 3.8) is 0 Å². The van der Waals surface area contributed by atoms with Gasteiger partial charge in [-0.15, -0.1) is 0 Å². The molecule has 0 N–H and O–H groups in total. The van der Waals surface area contributed by atoms with Crippen LogP contribution in [0, 0.1) is 29.1 Å². The van der Waals surface area contributed by atoms with Gasteiger partial charge in [0.05, 0.1) is 0 Å². The van der Waals surface area contributed by atoms with Crippen LogP contribution in [0.25, 0.3) is 10.4 Å². The fourth-order valence-electron chi connectivity index (χ4n) is 1.20. The minimum Gasteiger partial charge on any atom is -0.420 e. The molecule has 0 fully saturated rings. The number of azide groups is 1. The largest absolute Gasteiger partial charge is 0.420 e. The molecular formula is C10H6F5N3O2. The van der Waals surface area contributed by atoms with Crippen molar-refractivity contribution in [3.05, 3.63) is 39.5 Å². The van der Waals surface area contributed by atoms with Crippen molar-refractivity contribution < 1.29 is 31.5 Å². The average Bonchev–Trinajstić information content (AvgIpc) is 2.44. The maximum atomic E-state index is 13.2. The monoisotopic (exact) mass is 295 g/mol. The summed E-state index contributed by atoms with van der Waals surface area (Å²) in [4.78, 5) is 13.7. The Labute approximate surface area is 108 Å². The number of esters is 1. The summed E-state index contributed by atoms with van der Waals surface area (Å²) in [7, 11) is 0. The van der Waals surface area contributed by atoms with Gasteiger partial charge in [0.2, 0.25) is 34.8 Å². The lowest BCUT2D eigenvalue weighted by Crippen LogP contribution is -2.24. The highest BCUT2D eigenvalue weighted by Gasteiger charge is 2.30. The van der Waals surface area contributed by atoms with Crippen LogP contribution in [0.2, 0.25) is 0 Å². The number of hydrogen-bond donors (Lipinski definition) is 0. The minimum absolute atomic E-state index is 0.0850. The molecule has 20 heavy (non-hydrogen) atoms. The van der Waals surface area contributed by atoms with Gasteiger partial charge in [-0.2, -0.15) is 8.78 Å². The lowest BCUT2D eigenvalue weighted by Gasteiger charge is -2.11. The molecule has 0 aromatic heterocycles. The molecule has 0 bridgehead atoms. The van der Waals surface area contributed by atoms with E-state index in [1.807, 2.05) is 0 Å². The van der Waals surface area contributed by atoms with E-state index >= 15 is 0 Å². The fourth-order valence-corrected chi connectivity index (χ4v) is 1.20. The van der Waals surface area contributed by atoms with Crippen LogP contribution < -0.4 is 4.74 Å². The van der Waals surface area contributed by atoms with Crippen LogP contribution in [0.3, 0.4) is 0 Å². The third kappa shape index (κ3) is 2.80. The molecule has 0 radical (unpaired) electrons. The number of ether oxygens (including phenoxy) is 1. The van der Waals surface area contributed by atoms with Crippen LogP contribution in [-0.2, 0) is 4.79 Å². The van der Waals surface area contributed by atoms with Gasteiger partial charge in [-0.3, -0.25) is 4.79 Å². The Morgan fingerprint density at radius 3 is 2.00 bits per heavy atom. The van der Waals surface area contributed by atoms with Crippen molar-refractivity contribution in [2.45, 2.75) is 19.4 Å². The first kappa shape index (κ1) is 15.7. The molecule has 1 aromatic carbocycles. The smallest absolute Gasteiger partial charge is 0.320 e. The van der Waals surface area contributed by atoms with Gasteiger partial charge >= 0.3 is 5.97 Å². The SMILES string of the molecule is CCC(N=[N+]=[N-])C(=O)Oc1c(F)c(F)c(F)c(F)c1F. The van der Waals surface area contributed by atoms with E-state index in [1.54, 1.807) is 0 Å². The van der Waals surface area contributed by atoms with Crippen LogP contribution in [0.15, 0.2) is 5.11 Å². The van der Waals surface area contributed by atoms with E-state index in [9.17, 15) is 26.7 Å². The second kappa shape index (κ2) is 6.20. The topological polar surface area (TPSA) is 75.1 Å². The molecule has 108 valence electrons. The van der Waals surface area contributed by atoms with Crippen molar-refractivity contribution in [1.29, 1.82) is 0 Å². The highest BCUT2D eigenvalue weighted by Crippen LogP contribution is 2.29. The molecule has 0 aliphatic rings. The van der Waals surface area contributed by atoms with Gasteiger partial charge in [-0.05, 0) is 12.0 Å². The first-order valence-electron chi connectivity index (χ1n) is 5.12. The molecule has 1 rings (SSSR count). The molecule has 0 saturated heterocycles. The Bertz CT molecular complexity index is 572. The van der Waals surface area contributed by atoms with Crippen molar-refractivity contribution in [1.82, 2.24) is 0 Å². The van der Waals surface area contributed by atoms with Gasteiger partial charge in [0.1, 0.15) is 6.04 Å². The normalized spacial score (nSPS) is 11.7. The maximum Gasteiger partial charge on any atom is 0.320 e. The molecule has 1 atom stereocenters. The van der Waals surface area contributed by atoms with E-state index in [-0.39, 0.29) is 6.42 Å². The van der Waals surface area contributed by atoms with E-state index in [0.29, 0.717) is 0 Å². The molecule has 1 aromatic rings. The first-order valence-corrected chi connectivity index (χ1v) is 5.12. The van der Waals surface area contributed by atoms with Crippen LogP contribution in [0.1, 0.15) is 13.3 Å². The molecule has 0 aliphatic carbocycles. The van der Waals surface area contributed by atoms with Crippen molar-refractivity contribution in [3.8, 4) is 5.75 Å². The number of nitrogens with zero attached hydrogens (tertiary/aromatic N) is 3. The second-order valence-electron chi connectivity index (χ2n) is 3.45. The van der Waals surface area contributed by atoms with E-state index < -0.39 is 46.8 Å². The van der Waals surface area contributed by atoms with Gasteiger partial charge < -0.3 is 4.74 Å².